The first-order valence-electron chi connectivity index (χ1n) is 5.47. The van der Waals surface area contributed by atoms with Crippen molar-refractivity contribution in [3.8, 4) is 0 Å². The molecule has 0 aliphatic rings. The Balaban J connectivity index is 2.87. The summed E-state index contributed by atoms with van der Waals surface area (Å²) in [5.41, 5.74) is 6.24. The van der Waals surface area contributed by atoms with Crippen LogP contribution in [0.2, 0.25) is 0 Å². The maximum Gasteiger partial charge on any atom is 0.232 e. The Labute approximate surface area is 101 Å². The number of unbranched alkanes of at least 4 members (excludes halogenated alkanes) is 1. The molecule has 6 heteroatoms. The second-order valence-corrected chi connectivity index (χ2v) is 5.62. The van der Waals surface area contributed by atoms with E-state index in [4.69, 9.17) is 5.73 Å². The first-order chi connectivity index (χ1) is 7.98. The van der Waals surface area contributed by atoms with Crippen molar-refractivity contribution < 1.29 is 12.8 Å². The number of hydrogen-bond donors (Lipinski definition) is 2. The Morgan fingerprint density at radius 2 is 2.12 bits per heavy atom. The van der Waals surface area contributed by atoms with Crippen LogP contribution < -0.4 is 10.5 Å². The Morgan fingerprint density at radius 1 is 1.41 bits per heavy atom. The number of rotatable bonds is 6. The molecule has 4 nitrogen and oxygen atoms in total. The van der Waals surface area contributed by atoms with Gasteiger partial charge in [-0.2, -0.15) is 0 Å². The number of sulfonamides is 1. The van der Waals surface area contributed by atoms with Gasteiger partial charge in [-0.15, -0.1) is 0 Å². The molecule has 17 heavy (non-hydrogen) atoms. The highest BCUT2D eigenvalue weighted by Crippen LogP contribution is 2.18. The molecule has 96 valence electrons. The minimum Gasteiger partial charge on any atom is -0.326 e. The van der Waals surface area contributed by atoms with E-state index >= 15 is 0 Å². The number of nitrogens with two attached hydrogens (primary N) is 1. The van der Waals surface area contributed by atoms with Gasteiger partial charge >= 0.3 is 0 Å². The Morgan fingerprint density at radius 3 is 2.71 bits per heavy atom. The van der Waals surface area contributed by atoms with E-state index in [9.17, 15) is 12.8 Å². The van der Waals surface area contributed by atoms with Crippen molar-refractivity contribution in [2.45, 2.75) is 26.3 Å². The lowest BCUT2D eigenvalue weighted by Crippen LogP contribution is -2.18. The Hall–Kier alpha value is -1.14. The summed E-state index contributed by atoms with van der Waals surface area (Å²) in [5, 5.41) is 0. The van der Waals surface area contributed by atoms with Gasteiger partial charge in [0.05, 0.1) is 11.4 Å². The van der Waals surface area contributed by atoms with Crippen molar-refractivity contribution in [3.63, 3.8) is 0 Å². The van der Waals surface area contributed by atoms with Gasteiger partial charge in [-0.1, -0.05) is 13.3 Å². The molecular weight excluding hydrogens is 243 g/mol. The summed E-state index contributed by atoms with van der Waals surface area (Å²) in [4.78, 5) is 0. The first-order valence-corrected chi connectivity index (χ1v) is 7.12. The monoisotopic (exact) mass is 260 g/mol. The van der Waals surface area contributed by atoms with E-state index in [1.807, 2.05) is 6.92 Å². The molecule has 0 spiro atoms. The molecule has 3 N–H and O–H groups in total. The molecule has 0 fully saturated rings. The molecule has 1 aromatic carbocycles. The molecule has 0 aromatic heterocycles. The van der Waals surface area contributed by atoms with Gasteiger partial charge in [-0.3, -0.25) is 4.72 Å². The van der Waals surface area contributed by atoms with Crippen molar-refractivity contribution in [1.29, 1.82) is 0 Å². The third kappa shape index (κ3) is 4.32. The summed E-state index contributed by atoms with van der Waals surface area (Å²) in [6, 6.07) is 3.83. The minimum atomic E-state index is -3.37. The van der Waals surface area contributed by atoms with Gasteiger partial charge in [0, 0.05) is 6.54 Å². The number of anilines is 1. The molecule has 0 atom stereocenters. The highest BCUT2D eigenvalue weighted by molar-refractivity contribution is 7.92. The lowest BCUT2D eigenvalue weighted by Gasteiger charge is -2.11. The van der Waals surface area contributed by atoms with Crippen LogP contribution in [0.3, 0.4) is 0 Å². The fourth-order valence-electron chi connectivity index (χ4n) is 1.38. The van der Waals surface area contributed by atoms with Gasteiger partial charge in [0.1, 0.15) is 5.82 Å². The van der Waals surface area contributed by atoms with Gasteiger partial charge in [0.2, 0.25) is 10.0 Å². The summed E-state index contributed by atoms with van der Waals surface area (Å²) >= 11 is 0. The number of nitrogens with one attached hydrogen (secondary N) is 1. The quantitative estimate of drug-likeness (QED) is 0.819. The fourth-order valence-corrected chi connectivity index (χ4v) is 2.69. The van der Waals surface area contributed by atoms with Crippen LogP contribution in [0.15, 0.2) is 18.2 Å². The lowest BCUT2D eigenvalue weighted by atomic mass is 10.2. The van der Waals surface area contributed by atoms with Crippen molar-refractivity contribution in [2.24, 2.45) is 5.73 Å². The highest BCUT2D eigenvalue weighted by atomic mass is 32.2. The Kier molecular flexibility index (Phi) is 4.89. The Bertz CT molecular complexity index is 474. The topological polar surface area (TPSA) is 72.2 Å². The standard InChI is InChI=1S/C11H17FN2O2S/c1-2-3-6-17(15,16)14-11-5-4-10(12)7-9(11)8-13/h4-5,7,14H,2-3,6,8,13H2,1H3. The molecule has 0 amide bonds. The molecule has 0 aliphatic carbocycles. The largest absolute Gasteiger partial charge is 0.326 e. The molecule has 0 heterocycles. The van der Waals surface area contributed by atoms with Crippen molar-refractivity contribution in [2.75, 3.05) is 10.5 Å². The molecule has 0 radical (unpaired) electrons. The molecule has 0 bridgehead atoms. The van der Waals surface area contributed by atoms with Crippen molar-refractivity contribution in [1.82, 2.24) is 0 Å². The van der Waals surface area contributed by atoms with E-state index in [0.29, 0.717) is 17.7 Å². The van der Waals surface area contributed by atoms with Crippen LogP contribution >= 0.6 is 0 Å². The summed E-state index contributed by atoms with van der Waals surface area (Å²) in [6.07, 6.45) is 1.39. The van der Waals surface area contributed by atoms with E-state index in [1.54, 1.807) is 0 Å². The van der Waals surface area contributed by atoms with Crippen LogP contribution in [-0.4, -0.2) is 14.2 Å². The van der Waals surface area contributed by atoms with Gasteiger partial charge < -0.3 is 5.73 Å². The summed E-state index contributed by atoms with van der Waals surface area (Å²) in [5.74, 6) is -0.368. The van der Waals surface area contributed by atoms with E-state index in [1.165, 1.54) is 18.2 Å². The van der Waals surface area contributed by atoms with Crippen LogP contribution in [0.5, 0.6) is 0 Å². The molecule has 0 unspecified atom stereocenters. The predicted molar refractivity (Wildman–Crippen MR) is 66.6 cm³/mol. The zero-order valence-corrected chi connectivity index (χ0v) is 10.6. The second-order valence-electron chi connectivity index (χ2n) is 3.78. The van der Waals surface area contributed by atoms with Gasteiger partial charge in [0.25, 0.3) is 0 Å². The van der Waals surface area contributed by atoms with Crippen molar-refractivity contribution >= 4 is 15.7 Å². The molecule has 0 saturated carbocycles. The van der Waals surface area contributed by atoms with Crippen LogP contribution in [0.25, 0.3) is 0 Å². The molecule has 0 saturated heterocycles. The van der Waals surface area contributed by atoms with Gasteiger partial charge in [-0.05, 0) is 30.2 Å². The van der Waals surface area contributed by atoms with E-state index in [2.05, 4.69) is 4.72 Å². The zero-order valence-electron chi connectivity index (χ0n) is 9.74. The minimum absolute atomic E-state index is 0.0604. The van der Waals surface area contributed by atoms with E-state index in [-0.39, 0.29) is 12.3 Å². The van der Waals surface area contributed by atoms with Gasteiger partial charge in [0.15, 0.2) is 0 Å². The van der Waals surface area contributed by atoms with E-state index < -0.39 is 15.8 Å². The second kappa shape index (κ2) is 5.97. The maximum absolute atomic E-state index is 12.9. The first kappa shape index (κ1) is 13.9. The number of hydrogen-bond acceptors (Lipinski definition) is 3. The molecule has 1 aromatic rings. The van der Waals surface area contributed by atoms with Crippen LogP contribution in [-0.2, 0) is 16.6 Å². The summed E-state index contributed by atoms with van der Waals surface area (Å²) in [7, 11) is -3.37. The predicted octanol–water partition coefficient (Wildman–Crippen LogP) is 1.83. The molecular formula is C11H17FN2O2S. The van der Waals surface area contributed by atoms with Crippen molar-refractivity contribution in [3.05, 3.63) is 29.6 Å². The average molecular weight is 260 g/mol. The number of halogens is 1. The smallest absolute Gasteiger partial charge is 0.232 e. The zero-order chi connectivity index (χ0) is 12.9. The highest BCUT2D eigenvalue weighted by Gasteiger charge is 2.12. The summed E-state index contributed by atoms with van der Waals surface area (Å²) in [6.45, 7) is 2.00. The fraction of sp³-hybridized carbons (Fsp3) is 0.455. The lowest BCUT2D eigenvalue weighted by molar-refractivity contribution is 0.597. The van der Waals surface area contributed by atoms with Gasteiger partial charge in [-0.25, -0.2) is 12.8 Å². The SMILES string of the molecule is CCCCS(=O)(=O)Nc1ccc(F)cc1CN. The molecule has 1 rings (SSSR count). The van der Waals surface area contributed by atoms with Crippen LogP contribution in [0, 0.1) is 5.82 Å². The summed E-state index contributed by atoms with van der Waals surface area (Å²) < 4.78 is 38.7. The average Bonchev–Trinajstić information content (AvgIpc) is 2.28. The van der Waals surface area contributed by atoms with Crippen LogP contribution in [0.1, 0.15) is 25.3 Å². The normalized spacial score (nSPS) is 11.5. The van der Waals surface area contributed by atoms with E-state index in [0.717, 1.165) is 6.42 Å². The van der Waals surface area contributed by atoms with Crippen LogP contribution in [0.4, 0.5) is 10.1 Å². The molecule has 0 aliphatic heterocycles. The third-order valence-electron chi connectivity index (χ3n) is 2.32. The third-order valence-corrected chi connectivity index (χ3v) is 3.68. The maximum atomic E-state index is 12.9. The number of benzene rings is 1.